The van der Waals surface area contributed by atoms with Crippen molar-refractivity contribution in [1.29, 1.82) is 0 Å². The molecule has 182 valence electrons. The van der Waals surface area contributed by atoms with E-state index in [4.69, 9.17) is 4.74 Å². The summed E-state index contributed by atoms with van der Waals surface area (Å²) < 4.78 is 5.78. The third-order valence-corrected chi connectivity index (χ3v) is 6.17. The minimum Gasteiger partial charge on any atom is -0.489 e. The molecule has 0 bridgehead atoms. The van der Waals surface area contributed by atoms with Crippen LogP contribution in [-0.2, 0) is 21.6 Å². The van der Waals surface area contributed by atoms with E-state index in [1.807, 2.05) is 36.4 Å². The summed E-state index contributed by atoms with van der Waals surface area (Å²) >= 11 is 0. The van der Waals surface area contributed by atoms with E-state index in [0.29, 0.717) is 44.2 Å². The van der Waals surface area contributed by atoms with Gasteiger partial charge in [0.1, 0.15) is 12.4 Å². The molecule has 1 heterocycles. The van der Waals surface area contributed by atoms with Crippen molar-refractivity contribution in [2.24, 2.45) is 0 Å². The fraction of sp³-hybridized carbons (Fsp3) is 0.310. The molecular weight excluding hydrogens is 438 g/mol. The van der Waals surface area contributed by atoms with Crippen LogP contribution in [0.2, 0.25) is 0 Å². The normalized spacial score (nSPS) is 13.9. The smallest absolute Gasteiger partial charge is 0.313 e. The van der Waals surface area contributed by atoms with Crippen LogP contribution in [0.15, 0.2) is 78.9 Å². The van der Waals surface area contributed by atoms with Crippen molar-refractivity contribution in [1.82, 2.24) is 4.90 Å². The lowest BCUT2D eigenvalue weighted by atomic mass is 9.85. The van der Waals surface area contributed by atoms with Crippen LogP contribution in [0.3, 0.4) is 0 Å². The molecular formula is C29H33N3O3. The van der Waals surface area contributed by atoms with Crippen LogP contribution < -0.4 is 15.0 Å². The number of amides is 2. The van der Waals surface area contributed by atoms with E-state index < -0.39 is 11.8 Å². The van der Waals surface area contributed by atoms with Crippen LogP contribution in [0, 0.1) is 0 Å². The lowest BCUT2D eigenvalue weighted by Crippen LogP contribution is -2.52. The highest BCUT2D eigenvalue weighted by Crippen LogP contribution is 2.32. The van der Waals surface area contributed by atoms with Crippen molar-refractivity contribution < 1.29 is 14.3 Å². The Labute approximate surface area is 207 Å². The third kappa shape index (κ3) is 6.21. The molecule has 6 heteroatoms. The van der Waals surface area contributed by atoms with E-state index in [1.165, 1.54) is 11.3 Å². The lowest BCUT2D eigenvalue weighted by molar-refractivity contribution is -0.143. The van der Waals surface area contributed by atoms with Crippen molar-refractivity contribution in [3.8, 4) is 5.75 Å². The summed E-state index contributed by atoms with van der Waals surface area (Å²) in [6.07, 6.45) is 0. The Hall–Kier alpha value is -3.80. The van der Waals surface area contributed by atoms with Gasteiger partial charge in [-0.15, -0.1) is 0 Å². The van der Waals surface area contributed by atoms with Crippen molar-refractivity contribution in [2.75, 3.05) is 36.4 Å². The van der Waals surface area contributed by atoms with Crippen molar-refractivity contribution in [2.45, 2.75) is 32.8 Å². The number of hydrogen-bond donors (Lipinski definition) is 1. The first-order valence-electron chi connectivity index (χ1n) is 12.0. The first-order valence-corrected chi connectivity index (χ1v) is 12.0. The average molecular weight is 472 g/mol. The average Bonchev–Trinajstić information content (AvgIpc) is 2.88. The molecule has 0 unspecified atom stereocenters. The second-order valence-electron chi connectivity index (χ2n) is 9.80. The molecule has 35 heavy (non-hydrogen) atoms. The quantitative estimate of drug-likeness (QED) is 0.541. The lowest BCUT2D eigenvalue weighted by Gasteiger charge is -2.38. The van der Waals surface area contributed by atoms with E-state index in [1.54, 1.807) is 29.2 Å². The van der Waals surface area contributed by atoms with Gasteiger partial charge in [0.05, 0.1) is 0 Å². The zero-order valence-corrected chi connectivity index (χ0v) is 20.7. The highest BCUT2D eigenvalue weighted by Gasteiger charge is 2.28. The maximum Gasteiger partial charge on any atom is 0.313 e. The van der Waals surface area contributed by atoms with Crippen molar-refractivity contribution in [3.05, 3.63) is 90.0 Å². The van der Waals surface area contributed by atoms with Gasteiger partial charge in [0, 0.05) is 37.6 Å². The molecule has 0 saturated carbocycles. The van der Waals surface area contributed by atoms with Gasteiger partial charge in [-0.05, 0) is 46.9 Å². The molecule has 6 nitrogen and oxygen atoms in total. The summed E-state index contributed by atoms with van der Waals surface area (Å²) in [7, 11) is 0. The van der Waals surface area contributed by atoms with Gasteiger partial charge in [0.2, 0.25) is 0 Å². The summed E-state index contributed by atoms with van der Waals surface area (Å²) in [6, 6.07) is 25.4. The Morgan fingerprint density at radius 2 is 1.46 bits per heavy atom. The molecule has 0 atom stereocenters. The monoisotopic (exact) mass is 471 g/mol. The van der Waals surface area contributed by atoms with Gasteiger partial charge in [0.25, 0.3) is 0 Å². The molecule has 1 aliphatic rings. The van der Waals surface area contributed by atoms with Gasteiger partial charge in [-0.25, -0.2) is 0 Å². The predicted octanol–water partition coefficient (Wildman–Crippen LogP) is 4.85. The number of ether oxygens (including phenoxy) is 1. The Morgan fingerprint density at radius 3 is 2.11 bits per heavy atom. The molecule has 3 aromatic rings. The molecule has 1 N–H and O–H groups in total. The maximum absolute atomic E-state index is 12.8. The van der Waals surface area contributed by atoms with Crippen molar-refractivity contribution >= 4 is 23.2 Å². The number of nitrogens with one attached hydrogen (secondary N) is 1. The number of benzene rings is 3. The van der Waals surface area contributed by atoms with Gasteiger partial charge in [0.15, 0.2) is 0 Å². The van der Waals surface area contributed by atoms with E-state index in [0.717, 1.165) is 5.56 Å². The first kappa shape index (κ1) is 24.3. The molecule has 0 aliphatic carbocycles. The van der Waals surface area contributed by atoms with Crippen LogP contribution in [-0.4, -0.2) is 42.9 Å². The third-order valence-electron chi connectivity index (χ3n) is 6.17. The van der Waals surface area contributed by atoms with E-state index >= 15 is 0 Å². The van der Waals surface area contributed by atoms with Crippen LogP contribution in [0.5, 0.6) is 5.75 Å². The molecule has 4 rings (SSSR count). The van der Waals surface area contributed by atoms with Gasteiger partial charge in [-0.2, -0.15) is 0 Å². The zero-order chi connectivity index (χ0) is 24.8. The first-order chi connectivity index (χ1) is 16.8. The Balaban J connectivity index is 1.29. The second kappa shape index (κ2) is 10.6. The van der Waals surface area contributed by atoms with Gasteiger partial charge in [-0.1, -0.05) is 69.3 Å². The highest BCUT2D eigenvalue weighted by molar-refractivity contribution is 6.39. The van der Waals surface area contributed by atoms with Crippen LogP contribution >= 0.6 is 0 Å². The molecule has 0 radical (unpaired) electrons. The zero-order valence-electron chi connectivity index (χ0n) is 20.7. The van der Waals surface area contributed by atoms with Crippen molar-refractivity contribution in [3.63, 3.8) is 0 Å². The molecule has 1 aliphatic heterocycles. The van der Waals surface area contributed by atoms with Crippen LogP contribution in [0.4, 0.5) is 11.4 Å². The minimum atomic E-state index is -0.619. The Bertz CT molecular complexity index is 1150. The predicted molar refractivity (Wildman–Crippen MR) is 140 cm³/mol. The van der Waals surface area contributed by atoms with E-state index in [9.17, 15) is 9.59 Å². The molecule has 2 amide bonds. The number of para-hydroxylation sites is 1. The summed E-state index contributed by atoms with van der Waals surface area (Å²) in [4.78, 5) is 29.3. The minimum absolute atomic E-state index is 0.0333. The topological polar surface area (TPSA) is 61.9 Å². The number of carbonyl (C=O) groups is 2. The Morgan fingerprint density at radius 1 is 0.829 bits per heavy atom. The van der Waals surface area contributed by atoms with Crippen LogP contribution in [0.1, 0.15) is 31.9 Å². The van der Waals surface area contributed by atoms with E-state index in [2.05, 4.69) is 49.2 Å². The standard InChI is InChI=1S/C29H33N3O3/c1-29(2,3)25-11-7-8-12-26(25)31-17-19-32(20-18-31)28(34)27(33)30-23-13-15-24(16-14-23)35-21-22-9-5-4-6-10-22/h4-16H,17-21H2,1-3H3,(H,30,33). The van der Waals surface area contributed by atoms with Gasteiger partial charge < -0.3 is 19.9 Å². The largest absolute Gasteiger partial charge is 0.489 e. The number of nitrogens with zero attached hydrogens (tertiary/aromatic N) is 2. The van der Waals surface area contributed by atoms with Crippen LogP contribution in [0.25, 0.3) is 0 Å². The molecule has 0 aromatic heterocycles. The van der Waals surface area contributed by atoms with E-state index in [-0.39, 0.29) is 5.41 Å². The molecule has 1 saturated heterocycles. The Kier molecular flexibility index (Phi) is 7.39. The van der Waals surface area contributed by atoms with Gasteiger partial charge in [-0.3, -0.25) is 9.59 Å². The summed E-state index contributed by atoms with van der Waals surface area (Å²) in [5.74, 6) is -0.422. The fourth-order valence-corrected chi connectivity index (χ4v) is 4.24. The number of rotatable bonds is 5. The molecule has 0 spiro atoms. The second-order valence-corrected chi connectivity index (χ2v) is 9.80. The number of anilines is 2. The van der Waals surface area contributed by atoms with Gasteiger partial charge >= 0.3 is 11.8 Å². The number of piperazine rings is 1. The summed E-state index contributed by atoms with van der Waals surface area (Å²) in [5.41, 5.74) is 4.16. The number of hydrogen-bond acceptors (Lipinski definition) is 4. The maximum atomic E-state index is 12.8. The summed E-state index contributed by atoms with van der Waals surface area (Å²) in [5, 5.41) is 2.71. The fourth-order valence-electron chi connectivity index (χ4n) is 4.24. The molecule has 3 aromatic carbocycles. The SMILES string of the molecule is CC(C)(C)c1ccccc1N1CCN(C(=O)C(=O)Nc2ccc(OCc3ccccc3)cc2)CC1. The summed E-state index contributed by atoms with van der Waals surface area (Å²) in [6.45, 7) is 9.50. The number of carbonyl (C=O) groups excluding carboxylic acids is 2. The highest BCUT2D eigenvalue weighted by atomic mass is 16.5. The molecule has 1 fully saturated rings.